The molecule has 0 radical (unpaired) electrons. The van der Waals surface area contributed by atoms with Crippen LogP contribution in [0.5, 0.6) is 0 Å². The van der Waals surface area contributed by atoms with E-state index in [4.69, 9.17) is 23.2 Å². The molecule has 0 unspecified atom stereocenters. The molecule has 1 aromatic rings. The number of nitrogens with one attached hydrogen (secondary N) is 2. The topological polar surface area (TPSA) is 75.3 Å². The average molecular weight is 311 g/mol. The van der Waals surface area contributed by atoms with Crippen molar-refractivity contribution in [1.82, 2.24) is 10.3 Å². The molecule has 0 aliphatic rings. The normalized spacial score (nSPS) is 11.4. The maximum absolute atomic E-state index is 12.0. The molecule has 5 nitrogen and oxygen atoms in total. The van der Waals surface area contributed by atoms with Crippen molar-refractivity contribution >= 4 is 39.1 Å². The van der Waals surface area contributed by atoms with Gasteiger partial charge in [-0.2, -0.15) is 0 Å². The highest BCUT2D eigenvalue weighted by Gasteiger charge is 2.23. The smallest absolute Gasteiger partial charge is 0.259 e. The molecular weight excluding hydrogens is 299 g/mol. The molecule has 1 amide bonds. The highest BCUT2D eigenvalue weighted by atomic mass is 35.5. The first-order valence-electron chi connectivity index (χ1n) is 4.90. The van der Waals surface area contributed by atoms with Gasteiger partial charge in [-0.1, -0.05) is 23.2 Å². The maximum atomic E-state index is 12.0. The van der Waals surface area contributed by atoms with Crippen LogP contribution in [0.2, 0.25) is 10.0 Å². The lowest BCUT2D eigenvalue weighted by atomic mass is 10.2. The van der Waals surface area contributed by atoms with Crippen molar-refractivity contribution in [2.75, 3.05) is 0 Å². The van der Waals surface area contributed by atoms with Crippen molar-refractivity contribution in [3.8, 4) is 0 Å². The van der Waals surface area contributed by atoms with Gasteiger partial charge in [-0.3, -0.25) is 10.2 Å². The van der Waals surface area contributed by atoms with Gasteiger partial charge in [0.25, 0.3) is 10.0 Å². The van der Waals surface area contributed by atoms with Gasteiger partial charge in [0.1, 0.15) is 4.90 Å². The number of sulfonamides is 1. The van der Waals surface area contributed by atoms with Crippen molar-refractivity contribution in [2.24, 2.45) is 0 Å². The lowest BCUT2D eigenvalue weighted by Crippen LogP contribution is -2.40. The zero-order chi connectivity index (χ0) is 14.1. The molecule has 0 spiro atoms. The maximum Gasteiger partial charge on any atom is 0.259 e. The summed E-state index contributed by atoms with van der Waals surface area (Å²) in [7, 11) is -3.96. The highest BCUT2D eigenvalue weighted by Crippen LogP contribution is 2.32. The molecule has 1 rings (SSSR count). The summed E-state index contributed by atoms with van der Waals surface area (Å²) in [4.78, 5) is 12.5. The highest BCUT2D eigenvalue weighted by molar-refractivity contribution is 7.89. The Bertz CT molecular complexity index is 573. The molecule has 0 fully saturated rings. The summed E-state index contributed by atoms with van der Waals surface area (Å²) in [5.41, 5.74) is 2.86. The number of hydrogen-bond acceptors (Lipinski definition) is 3. The molecule has 0 bridgehead atoms. The van der Waals surface area contributed by atoms with Crippen LogP contribution in [0, 0.1) is 13.8 Å². The molecule has 0 aromatic heterocycles. The number of halogens is 2. The second-order valence-corrected chi connectivity index (χ2v) is 6.13. The van der Waals surface area contributed by atoms with E-state index in [2.05, 4.69) is 0 Å². The van der Waals surface area contributed by atoms with Gasteiger partial charge in [-0.05, 0) is 31.0 Å². The van der Waals surface area contributed by atoms with Crippen LogP contribution in [0.4, 0.5) is 0 Å². The van der Waals surface area contributed by atoms with E-state index in [1.807, 2.05) is 10.3 Å². The third kappa shape index (κ3) is 3.14. The second-order valence-electron chi connectivity index (χ2n) is 3.73. The minimum Gasteiger partial charge on any atom is -0.278 e. The Kier molecular flexibility index (Phi) is 4.61. The first-order chi connectivity index (χ1) is 8.16. The molecular formula is C10H12Cl2N2O3S. The van der Waals surface area contributed by atoms with Crippen LogP contribution in [0.15, 0.2) is 11.0 Å². The van der Waals surface area contributed by atoms with Crippen molar-refractivity contribution in [1.29, 1.82) is 0 Å². The van der Waals surface area contributed by atoms with Crippen LogP contribution in [0.3, 0.4) is 0 Å². The van der Waals surface area contributed by atoms with Gasteiger partial charge in [0, 0.05) is 11.9 Å². The van der Waals surface area contributed by atoms with Gasteiger partial charge in [-0.25, -0.2) is 8.42 Å². The summed E-state index contributed by atoms with van der Waals surface area (Å²) in [6.07, 6.45) is 0. The van der Waals surface area contributed by atoms with Crippen molar-refractivity contribution in [3.05, 3.63) is 27.2 Å². The van der Waals surface area contributed by atoms with E-state index in [9.17, 15) is 13.2 Å². The van der Waals surface area contributed by atoms with Crippen LogP contribution in [-0.2, 0) is 14.8 Å². The number of carbonyl (C=O) groups is 1. The fourth-order valence-corrected chi connectivity index (χ4v) is 3.43. The summed E-state index contributed by atoms with van der Waals surface area (Å²) in [5.74, 6) is -0.536. The summed E-state index contributed by atoms with van der Waals surface area (Å²) < 4.78 is 24.0. The van der Waals surface area contributed by atoms with E-state index in [0.717, 1.165) is 0 Å². The first kappa shape index (κ1) is 15.2. The Morgan fingerprint density at radius 3 is 2.33 bits per heavy atom. The van der Waals surface area contributed by atoms with Gasteiger partial charge < -0.3 is 0 Å². The zero-order valence-corrected chi connectivity index (χ0v) is 12.3. The minimum atomic E-state index is -3.96. The fraction of sp³-hybridized carbons (Fsp3) is 0.300. The second kappa shape index (κ2) is 5.44. The van der Waals surface area contributed by atoms with E-state index in [0.29, 0.717) is 16.1 Å². The fourth-order valence-electron chi connectivity index (χ4n) is 1.32. The molecule has 0 heterocycles. The van der Waals surface area contributed by atoms with E-state index in [-0.39, 0.29) is 9.92 Å². The van der Waals surface area contributed by atoms with Crippen LogP contribution in [0.1, 0.15) is 18.1 Å². The Hall–Kier alpha value is -0.820. The number of benzene rings is 1. The van der Waals surface area contributed by atoms with Crippen LogP contribution in [0.25, 0.3) is 0 Å². The van der Waals surface area contributed by atoms with Crippen molar-refractivity contribution < 1.29 is 13.2 Å². The number of carbonyl (C=O) groups excluding carboxylic acids is 1. The van der Waals surface area contributed by atoms with E-state index in [1.165, 1.54) is 13.8 Å². The molecule has 1 aromatic carbocycles. The van der Waals surface area contributed by atoms with Crippen LogP contribution < -0.4 is 10.3 Å². The Balaban J connectivity index is 3.36. The van der Waals surface area contributed by atoms with Crippen LogP contribution in [-0.4, -0.2) is 14.3 Å². The van der Waals surface area contributed by atoms with Gasteiger partial charge in [0.2, 0.25) is 5.91 Å². The molecule has 0 aliphatic carbocycles. The quantitative estimate of drug-likeness (QED) is 0.838. The lowest BCUT2D eigenvalue weighted by Gasteiger charge is -2.14. The summed E-state index contributed by atoms with van der Waals surface area (Å²) in [5, 5.41) is 0.370. The molecule has 0 aliphatic heterocycles. The zero-order valence-electron chi connectivity index (χ0n) is 9.97. The Morgan fingerprint density at radius 1 is 1.28 bits per heavy atom. The van der Waals surface area contributed by atoms with Crippen molar-refractivity contribution in [2.45, 2.75) is 25.7 Å². The van der Waals surface area contributed by atoms with Gasteiger partial charge in [0.15, 0.2) is 0 Å². The Labute approximate surface area is 115 Å². The van der Waals surface area contributed by atoms with Gasteiger partial charge in [0.05, 0.1) is 5.02 Å². The summed E-state index contributed by atoms with van der Waals surface area (Å²) in [6, 6.07) is 1.58. The first-order valence-corrected chi connectivity index (χ1v) is 7.14. The SMILES string of the molecule is CC(=O)NNS(=O)(=O)c1c(C)c(Cl)cc(C)c1Cl. The molecule has 8 heteroatoms. The van der Waals surface area contributed by atoms with Gasteiger partial charge >= 0.3 is 0 Å². The minimum absolute atomic E-state index is 0.0785. The predicted molar refractivity (Wildman–Crippen MR) is 70.1 cm³/mol. The largest absolute Gasteiger partial charge is 0.278 e. The standard InChI is InChI=1S/C10H12Cl2N2O3S/c1-5-4-8(11)6(2)10(9(5)12)18(16,17)14-13-7(3)15/h4,14H,1-3H3,(H,13,15). The van der Waals surface area contributed by atoms with Crippen LogP contribution >= 0.6 is 23.2 Å². The van der Waals surface area contributed by atoms with E-state index < -0.39 is 15.9 Å². The number of hydrazine groups is 1. The van der Waals surface area contributed by atoms with E-state index in [1.54, 1.807) is 13.0 Å². The third-order valence-corrected chi connectivity index (χ3v) is 4.63. The summed E-state index contributed by atoms with van der Waals surface area (Å²) >= 11 is 11.9. The molecule has 0 saturated carbocycles. The molecule has 2 N–H and O–H groups in total. The lowest BCUT2D eigenvalue weighted by molar-refractivity contribution is -0.119. The molecule has 100 valence electrons. The molecule has 0 atom stereocenters. The number of aryl methyl sites for hydroxylation is 1. The molecule has 0 saturated heterocycles. The van der Waals surface area contributed by atoms with Crippen molar-refractivity contribution in [3.63, 3.8) is 0 Å². The molecule has 18 heavy (non-hydrogen) atoms. The number of amides is 1. The number of hydrogen-bond donors (Lipinski definition) is 2. The van der Waals surface area contributed by atoms with E-state index >= 15 is 0 Å². The number of rotatable bonds is 3. The summed E-state index contributed by atoms with van der Waals surface area (Å²) in [6.45, 7) is 4.36. The van der Waals surface area contributed by atoms with Gasteiger partial charge in [-0.15, -0.1) is 4.83 Å². The third-order valence-electron chi connectivity index (χ3n) is 2.22. The average Bonchev–Trinajstić information content (AvgIpc) is 2.24. The monoisotopic (exact) mass is 310 g/mol. The Morgan fingerprint density at radius 2 is 1.83 bits per heavy atom. The predicted octanol–water partition coefficient (Wildman–Crippen LogP) is 1.94.